The quantitative estimate of drug-likeness (QED) is 0.639. The summed E-state index contributed by atoms with van der Waals surface area (Å²) in [5, 5.41) is 20.9. The number of carboxylic acid groups (broad SMARTS) is 1. The first-order valence-electron chi connectivity index (χ1n) is 8.05. The lowest BCUT2D eigenvalue weighted by atomic mass is 9.94. The van der Waals surface area contributed by atoms with Gasteiger partial charge in [-0.05, 0) is 12.1 Å². The topological polar surface area (TPSA) is 116 Å². The van der Waals surface area contributed by atoms with E-state index < -0.39 is 17.5 Å². The normalized spacial score (nSPS) is 21.5. The Labute approximate surface area is 153 Å². The predicted octanol–water partition coefficient (Wildman–Crippen LogP) is 1.32. The van der Waals surface area contributed by atoms with Gasteiger partial charge < -0.3 is 25.8 Å². The molecule has 2 aliphatic heterocycles. The van der Waals surface area contributed by atoms with E-state index in [1.165, 1.54) is 11.3 Å². The van der Waals surface area contributed by atoms with Crippen molar-refractivity contribution in [2.24, 2.45) is 0 Å². The first-order valence-corrected chi connectivity index (χ1v) is 8.92. The SMILES string of the molecule is O=C(O)N1CCNCC1(C(=O)Nc1ccc2c(c1)OCN2)c1nccs1. The van der Waals surface area contributed by atoms with Crippen LogP contribution in [0.1, 0.15) is 5.01 Å². The van der Waals surface area contributed by atoms with Gasteiger partial charge in [0.2, 0.25) is 0 Å². The van der Waals surface area contributed by atoms with Gasteiger partial charge in [0.1, 0.15) is 10.8 Å². The number of hydrogen-bond donors (Lipinski definition) is 4. The van der Waals surface area contributed by atoms with Gasteiger partial charge in [-0.25, -0.2) is 9.78 Å². The standard InChI is InChI=1S/C16H17N5O4S/c22-13(20-10-1-2-11-12(7-10)25-9-19-11)16(14-18-4-6-26-14)8-17-3-5-21(16)15(23)24/h1-2,4,6-7,17,19H,3,5,8-9H2,(H,20,22)(H,23,24). The molecule has 0 bridgehead atoms. The monoisotopic (exact) mass is 375 g/mol. The molecule has 10 heteroatoms. The van der Waals surface area contributed by atoms with Crippen molar-refractivity contribution in [3.8, 4) is 5.75 Å². The number of amides is 2. The maximum atomic E-state index is 13.3. The minimum absolute atomic E-state index is 0.154. The fourth-order valence-electron chi connectivity index (χ4n) is 3.22. The van der Waals surface area contributed by atoms with E-state index in [-0.39, 0.29) is 13.1 Å². The number of nitrogens with one attached hydrogen (secondary N) is 3. The number of anilines is 2. The highest BCUT2D eigenvalue weighted by Gasteiger charge is 2.52. The fourth-order valence-corrected chi connectivity index (χ4v) is 4.06. The van der Waals surface area contributed by atoms with Crippen LogP contribution in [0.5, 0.6) is 5.75 Å². The van der Waals surface area contributed by atoms with E-state index in [2.05, 4.69) is 20.9 Å². The molecule has 1 saturated heterocycles. The van der Waals surface area contributed by atoms with Crippen LogP contribution in [0.3, 0.4) is 0 Å². The lowest BCUT2D eigenvalue weighted by Gasteiger charge is -2.42. The van der Waals surface area contributed by atoms with Gasteiger partial charge in [-0.3, -0.25) is 9.69 Å². The first-order chi connectivity index (χ1) is 12.6. The maximum Gasteiger partial charge on any atom is 0.408 e. The Morgan fingerprint density at radius 3 is 3.08 bits per heavy atom. The van der Waals surface area contributed by atoms with Gasteiger partial charge in [0.05, 0.1) is 5.69 Å². The summed E-state index contributed by atoms with van der Waals surface area (Å²) in [5.74, 6) is 0.191. The summed E-state index contributed by atoms with van der Waals surface area (Å²) in [4.78, 5) is 30.5. The molecule has 136 valence electrons. The Morgan fingerprint density at radius 1 is 1.42 bits per heavy atom. The molecule has 1 unspecified atom stereocenters. The molecule has 0 saturated carbocycles. The number of fused-ring (bicyclic) bond motifs is 1. The third kappa shape index (κ3) is 2.63. The number of carbonyl (C=O) groups is 2. The number of carbonyl (C=O) groups excluding carboxylic acids is 1. The van der Waals surface area contributed by atoms with E-state index in [4.69, 9.17) is 4.74 Å². The average Bonchev–Trinajstić information content (AvgIpc) is 3.33. The molecule has 9 nitrogen and oxygen atoms in total. The summed E-state index contributed by atoms with van der Waals surface area (Å²) >= 11 is 1.26. The molecular weight excluding hydrogens is 358 g/mol. The number of rotatable bonds is 3. The second kappa shape index (κ2) is 6.46. The van der Waals surface area contributed by atoms with Crippen LogP contribution in [0, 0.1) is 0 Å². The first kappa shape index (κ1) is 16.6. The van der Waals surface area contributed by atoms with E-state index in [0.29, 0.717) is 29.7 Å². The van der Waals surface area contributed by atoms with Gasteiger partial charge in [-0.15, -0.1) is 11.3 Å². The Balaban J connectivity index is 1.70. The molecule has 1 aromatic heterocycles. The number of thiazole rings is 1. The highest BCUT2D eigenvalue weighted by atomic mass is 32.1. The molecule has 2 aliphatic rings. The number of hydrogen-bond acceptors (Lipinski definition) is 7. The predicted molar refractivity (Wildman–Crippen MR) is 95.6 cm³/mol. The van der Waals surface area contributed by atoms with Gasteiger partial charge in [-0.2, -0.15) is 0 Å². The third-order valence-electron chi connectivity index (χ3n) is 4.48. The molecule has 0 spiro atoms. The minimum Gasteiger partial charge on any atom is -0.471 e. The van der Waals surface area contributed by atoms with Gasteiger partial charge in [0.15, 0.2) is 12.3 Å². The largest absolute Gasteiger partial charge is 0.471 e. The van der Waals surface area contributed by atoms with Crippen molar-refractivity contribution in [1.29, 1.82) is 0 Å². The Kier molecular flexibility index (Phi) is 4.13. The van der Waals surface area contributed by atoms with Crippen molar-refractivity contribution in [2.75, 3.05) is 37.0 Å². The Hall–Kier alpha value is -2.85. The van der Waals surface area contributed by atoms with Gasteiger partial charge in [-0.1, -0.05) is 0 Å². The number of aromatic nitrogens is 1. The molecule has 1 aromatic carbocycles. The van der Waals surface area contributed by atoms with Crippen LogP contribution >= 0.6 is 11.3 Å². The van der Waals surface area contributed by atoms with Crippen LogP contribution in [0.15, 0.2) is 29.8 Å². The van der Waals surface area contributed by atoms with Crippen molar-refractivity contribution < 1.29 is 19.4 Å². The van der Waals surface area contributed by atoms with Crippen molar-refractivity contribution in [1.82, 2.24) is 15.2 Å². The molecule has 1 fully saturated rings. The van der Waals surface area contributed by atoms with Crippen LogP contribution < -0.4 is 20.7 Å². The van der Waals surface area contributed by atoms with Crippen LogP contribution in [0.25, 0.3) is 0 Å². The van der Waals surface area contributed by atoms with E-state index in [0.717, 1.165) is 10.6 Å². The maximum absolute atomic E-state index is 13.3. The van der Waals surface area contributed by atoms with E-state index >= 15 is 0 Å². The fraction of sp³-hybridized carbons (Fsp3) is 0.312. The summed E-state index contributed by atoms with van der Waals surface area (Å²) in [6.07, 6.45) is 0.414. The number of piperazine rings is 1. The van der Waals surface area contributed by atoms with Gasteiger partial charge in [0, 0.05) is 43.0 Å². The molecule has 26 heavy (non-hydrogen) atoms. The van der Waals surface area contributed by atoms with Crippen LogP contribution in [-0.2, 0) is 10.3 Å². The van der Waals surface area contributed by atoms with Gasteiger partial charge in [0.25, 0.3) is 5.91 Å². The molecule has 4 N–H and O–H groups in total. The third-order valence-corrected chi connectivity index (χ3v) is 5.40. The van der Waals surface area contributed by atoms with E-state index in [1.807, 2.05) is 6.07 Å². The summed E-state index contributed by atoms with van der Waals surface area (Å²) in [5.41, 5.74) is -0.0375. The zero-order chi connectivity index (χ0) is 18.1. The lowest BCUT2D eigenvalue weighted by molar-refractivity contribution is -0.128. The number of ether oxygens (including phenoxy) is 1. The lowest BCUT2D eigenvalue weighted by Crippen LogP contribution is -2.65. The Morgan fingerprint density at radius 2 is 2.31 bits per heavy atom. The van der Waals surface area contributed by atoms with E-state index in [9.17, 15) is 14.7 Å². The zero-order valence-electron chi connectivity index (χ0n) is 13.7. The molecule has 2 aromatic rings. The van der Waals surface area contributed by atoms with Crippen molar-refractivity contribution in [3.63, 3.8) is 0 Å². The average molecular weight is 375 g/mol. The zero-order valence-corrected chi connectivity index (χ0v) is 14.5. The minimum atomic E-state index is -1.42. The van der Waals surface area contributed by atoms with Crippen LogP contribution in [0.4, 0.5) is 16.2 Å². The molecular formula is C16H17N5O4S. The smallest absolute Gasteiger partial charge is 0.408 e. The van der Waals surface area contributed by atoms with Crippen molar-refractivity contribution >= 4 is 34.7 Å². The summed E-state index contributed by atoms with van der Waals surface area (Å²) < 4.78 is 5.43. The summed E-state index contributed by atoms with van der Waals surface area (Å²) in [6.45, 7) is 1.21. The molecule has 0 radical (unpaired) electrons. The van der Waals surface area contributed by atoms with Crippen molar-refractivity contribution in [2.45, 2.75) is 5.54 Å². The molecule has 4 rings (SSSR count). The highest BCUT2D eigenvalue weighted by Crippen LogP contribution is 2.35. The number of benzene rings is 1. The summed E-state index contributed by atoms with van der Waals surface area (Å²) in [6, 6.07) is 5.27. The van der Waals surface area contributed by atoms with Crippen LogP contribution in [-0.4, -0.2) is 53.4 Å². The molecule has 1 atom stereocenters. The summed E-state index contributed by atoms with van der Waals surface area (Å²) in [7, 11) is 0. The molecule has 2 amide bonds. The van der Waals surface area contributed by atoms with E-state index in [1.54, 1.807) is 23.7 Å². The Bertz CT molecular complexity index is 843. The second-order valence-corrected chi connectivity index (χ2v) is 6.83. The second-order valence-electron chi connectivity index (χ2n) is 5.94. The number of nitrogens with zero attached hydrogens (tertiary/aromatic N) is 2. The highest BCUT2D eigenvalue weighted by molar-refractivity contribution is 7.09. The van der Waals surface area contributed by atoms with Crippen LogP contribution in [0.2, 0.25) is 0 Å². The molecule has 0 aliphatic carbocycles. The molecule has 3 heterocycles. The van der Waals surface area contributed by atoms with Gasteiger partial charge >= 0.3 is 6.09 Å². The van der Waals surface area contributed by atoms with Crippen molar-refractivity contribution in [3.05, 3.63) is 34.8 Å².